The highest BCUT2D eigenvalue weighted by molar-refractivity contribution is 14.1. The summed E-state index contributed by atoms with van der Waals surface area (Å²) in [5.41, 5.74) is 2.92. The van der Waals surface area contributed by atoms with Gasteiger partial charge in [-0.3, -0.25) is 9.59 Å². The van der Waals surface area contributed by atoms with Crippen molar-refractivity contribution >= 4 is 34.3 Å². The van der Waals surface area contributed by atoms with E-state index in [0.717, 1.165) is 20.3 Å². The highest BCUT2D eigenvalue weighted by atomic mass is 127. The zero-order valence-corrected chi connectivity index (χ0v) is 18.2. The highest BCUT2D eigenvalue weighted by Crippen LogP contribution is 2.34. The number of ether oxygens (including phenoxy) is 2. The maximum Gasteiger partial charge on any atom is 0.231 e. The summed E-state index contributed by atoms with van der Waals surface area (Å²) in [6, 6.07) is 11.3. The molecule has 28 heavy (non-hydrogen) atoms. The molecule has 0 bridgehead atoms. The SMILES string of the molecule is COc1cc(I)c(CC(=O)N2C=CC(=O)CC2c2ccccc2C)cc1OC. The van der Waals surface area contributed by atoms with Gasteiger partial charge in [-0.25, -0.2) is 0 Å². The largest absolute Gasteiger partial charge is 0.493 e. The van der Waals surface area contributed by atoms with Crippen LogP contribution in [0.5, 0.6) is 11.5 Å². The van der Waals surface area contributed by atoms with Gasteiger partial charge in [-0.05, 0) is 64.4 Å². The van der Waals surface area contributed by atoms with Crippen LogP contribution in [0.2, 0.25) is 0 Å². The molecule has 146 valence electrons. The Bertz CT molecular complexity index is 938. The van der Waals surface area contributed by atoms with Crippen molar-refractivity contribution in [2.45, 2.75) is 25.8 Å². The molecule has 1 aliphatic rings. The van der Waals surface area contributed by atoms with E-state index in [9.17, 15) is 9.59 Å². The van der Waals surface area contributed by atoms with Crippen LogP contribution in [-0.2, 0) is 16.0 Å². The summed E-state index contributed by atoms with van der Waals surface area (Å²) in [5, 5.41) is 0. The second kappa shape index (κ2) is 8.77. The molecule has 0 spiro atoms. The van der Waals surface area contributed by atoms with Crippen LogP contribution in [0.25, 0.3) is 0 Å². The summed E-state index contributed by atoms with van der Waals surface area (Å²) in [5.74, 6) is 1.18. The van der Waals surface area contributed by atoms with Crippen molar-refractivity contribution < 1.29 is 19.1 Å². The predicted octanol–water partition coefficient (Wildman–Crippen LogP) is 4.22. The van der Waals surface area contributed by atoms with Gasteiger partial charge < -0.3 is 14.4 Å². The fourth-order valence-corrected chi connectivity index (χ4v) is 4.02. The first kappa shape index (κ1) is 20.4. The van der Waals surface area contributed by atoms with Crippen LogP contribution in [0.3, 0.4) is 0 Å². The smallest absolute Gasteiger partial charge is 0.231 e. The minimum Gasteiger partial charge on any atom is -0.493 e. The predicted molar refractivity (Wildman–Crippen MR) is 115 cm³/mol. The molecule has 2 aromatic rings. The van der Waals surface area contributed by atoms with E-state index in [-0.39, 0.29) is 30.6 Å². The Balaban J connectivity index is 1.91. The van der Waals surface area contributed by atoms with Crippen LogP contribution in [0.15, 0.2) is 48.7 Å². The molecule has 0 aliphatic carbocycles. The van der Waals surface area contributed by atoms with Gasteiger partial charge in [-0.1, -0.05) is 24.3 Å². The molecule has 6 heteroatoms. The normalized spacial score (nSPS) is 16.2. The molecule has 0 saturated heterocycles. The number of aryl methyl sites for hydroxylation is 1. The van der Waals surface area contributed by atoms with E-state index in [1.165, 1.54) is 6.08 Å². The third-order valence-electron chi connectivity index (χ3n) is 4.88. The zero-order chi connectivity index (χ0) is 20.3. The summed E-state index contributed by atoms with van der Waals surface area (Å²) in [6.07, 6.45) is 3.58. The Labute approximate surface area is 178 Å². The Hall–Kier alpha value is -2.35. The van der Waals surface area contributed by atoms with Gasteiger partial charge in [0, 0.05) is 16.2 Å². The molecule has 0 radical (unpaired) electrons. The molecule has 1 unspecified atom stereocenters. The molecule has 1 amide bonds. The van der Waals surface area contributed by atoms with Gasteiger partial charge in [-0.2, -0.15) is 0 Å². The number of amides is 1. The summed E-state index contributed by atoms with van der Waals surface area (Å²) >= 11 is 2.19. The van der Waals surface area contributed by atoms with Crippen molar-refractivity contribution in [3.8, 4) is 11.5 Å². The van der Waals surface area contributed by atoms with Gasteiger partial charge in [0.05, 0.1) is 26.7 Å². The number of hydrogen-bond donors (Lipinski definition) is 0. The van der Waals surface area contributed by atoms with Crippen molar-refractivity contribution in [2.24, 2.45) is 0 Å². The second-order valence-corrected chi connectivity index (χ2v) is 7.80. The fourth-order valence-electron chi connectivity index (χ4n) is 3.39. The summed E-state index contributed by atoms with van der Waals surface area (Å²) < 4.78 is 11.6. The van der Waals surface area contributed by atoms with Gasteiger partial charge in [0.1, 0.15) is 0 Å². The third-order valence-corrected chi connectivity index (χ3v) is 5.89. The molecule has 3 rings (SSSR count). The fraction of sp³-hybridized carbons (Fsp3) is 0.273. The number of allylic oxidation sites excluding steroid dienone is 1. The molecule has 0 aromatic heterocycles. The van der Waals surface area contributed by atoms with Crippen LogP contribution in [-0.4, -0.2) is 30.8 Å². The number of hydrogen-bond acceptors (Lipinski definition) is 4. The number of ketones is 1. The van der Waals surface area contributed by atoms with Gasteiger partial charge in [0.25, 0.3) is 0 Å². The lowest BCUT2D eigenvalue weighted by atomic mass is 9.93. The molecule has 0 N–H and O–H groups in total. The van der Waals surface area contributed by atoms with E-state index >= 15 is 0 Å². The van der Waals surface area contributed by atoms with E-state index in [2.05, 4.69) is 22.6 Å². The van der Waals surface area contributed by atoms with Crippen LogP contribution in [0.4, 0.5) is 0 Å². The Kier molecular flexibility index (Phi) is 6.39. The Morgan fingerprint density at radius 2 is 1.86 bits per heavy atom. The minimum atomic E-state index is -0.288. The van der Waals surface area contributed by atoms with E-state index in [0.29, 0.717) is 11.5 Å². The quantitative estimate of drug-likeness (QED) is 0.589. The van der Waals surface area contributed by atoms with Crippen molar-refractivity contribution in [3.05, 3.63) is 68.9 Å². The van der Waals surface area contributed by atoms with E-state index < -0.39 is 0 Å². The van der Waals surface area contributed by atoms with Crippen LogP contribution >= 0.6 is 22.6 Å². The summed E-state index contributed by atoms with van der Waals surface area (Å²) in [4.78, 5) is 26.9. The average molecular weight is 491 g/mol. The lowest BCUT2D eigenvalue weighted by Gasteiger charge is -2.32. The first-order chi connectivity index (χ1) is 13.4. The molecule has 1 heterocycles. The zero-order valence-electron chi connectivity index (χ0n) is 16.1. The van der Waals surface area contributed by atoms with Gasteiger partial charge in [-0.15, -0.1) is 0 Å². The minimum absolute atomic E-state index is 0.0259. The highest BCUT2D eigenvalue weighted by Gasteiger charge is 2.30. The van der Waals surface area contributed by atoms with Crippen LogP contribution < -0.4 is 9.47 Å². The molecular formula is C22H22INO4. The van der Waals surface area contributed by atoms with E-state index in [4.69, 9.17) is 9.47 Å². The maximum absolute atomic E-state index is 13.2. The van der Waals surface area contributed by atoms with E-state index in [1.54, 1.807) is 25.3 Å². The van der Waals surface area contributed by atoms with E-state index in [1.807, 2.05) is 43.3 Å². The number of rotatable bonds is 5. The monoisotopic (exact) mass is 491 g/mol. The number of carbonyl (C=O) groups excluding carboxylic acids is 2. The van der Waals surface area contributed by atoms with Crippen molar-refractivity contribution in [1.82, 2.24) is 4.90 Å². The Morgan fingerprint density at radius 3 is 2.54 bits per heavy atom. The molecule has 0 fully saturated rings. The Morgan fingerprint density at radius 1 is 1.18 bits per heavy atom. The average Bonchev–Trinajstić information content (AvgIpc) is 2.69. The first-order valence-electron chi connectivity index (χ1n) is 8.92. The molecular weight excluding hydrogens is 469 g/mol. The lowest BCUT2D eigenvalue weighted by Crippen LogP contribution is -2.35. The number of nitrogens with zero attached hydrogens (tertiary/aromatic N) is 1. The number of benzene rings is 2. The van der Waals surface area contributed by atoms with Crippen LogP contribution in [0.1, 0.15) is 29.2 Å². The lowest BCUT2D eigenvalue weighted by molar-refractivity contribution is -0.131. The first-order valence-corrected chi connectivity index (χ1v) is 10.0. The second-order valence-electron chi connectivity index (χ2n) is 6.63. The van der Waals surface area contributed by atoms with Crippen LogP contribution in [0, 0.1) is 10.5 Å². The number of methoxy groups -OCH3 is 2. The topological polar surface area (TPSA) is 55.8 Å². The van der Waals surface area contributed by atoms with Gasteiger partial charge >= 0.3 is 0 Å². The molecule has 5 nitrogen and oxygen atoms in total. The van der Waals surface area contributed by atoms with Gasteiger partial charge in [0.15, 0.2) is 17.3 Å². The van der Waals surface area contributed by atoms with Crippen molar-refractivity contribution in [1.29, 1.82) is 0 Å². The molecule has 2 aromatic carbocycles. The third kappa shape index (κ3) is 4.22. The number of halogens is 1. The maximum atomic E-state index is 13.2. The van der Waals surface area contributed by atoms with Crippen molar-refractivity contribution in [2.75, 3.05) is 14.2 Å². The molecule has 1 aliphatic heterocycles. The van der Waals surface area contributed by atoms with Gasteiger partial charge in [0.2, 0.25) is 5.91 Å². The van der Waals surface area contributed by atoms with Crippen molar-refractivity contribution in [3.63, 3.8) is 0 Å². The summed E-state index contributed by atoms with van der Waals surface area (Å²) in [6.45, 7) is 2.00. The molecule has 1 atom stereocenters. The standard InChI is InChI=1S/C22H22INO4/c1-14-6-4-5-7-17(14)19-12-16(25)8-9-24(19)22(26)11-15-10-20(27-2)21(28-3)13-18(15)23/h4-10,13,19H,11-12H2,1-3H3. The molecule has 0 saturated carbocycles. The summed E-state index contributed by atoms with van der Waals surface area (Å²) in [7, 11) is 3.16. The number of carbonyl (C=O) groups is 2.